The third-order valence-corrected chi connectivity index (χ3v) is 4.33. The molecule has 0 amide bonds. The van der Waals surface area contributed by atoms with Gasteiger partial charge in [0.05, 0.1) is 11.1 Å². The molecule has 0 heterocycles. The number of halogens is 2. The molecule has 0 spiro atoms. The van der Waals surface area contributed by atoms with Crippen LogP contribution in [0.1, 0.15) is 38.3 Å². The lowest BCUT2D eigenvalue weighted by molar-refractivity contribution is 0.345. The summed E-state index contributed by atoms with van der Waals surface area (Å²) in [5, 5.41) is 0.748. The summed E-state index contributed by atoms with van der Waals surface area (Å²) >= 11 is 9.72. The second-order valence-corrected chi connectivity index (χ2v) is 5.10. The summed E-state index contributed by atoms with van der Waals surface area (Å²) in [6.45, 7) is 4.34. The Kier molecular flexibility index (Phi) is 5.76. The fourth-order valence-electron chi connectivity index (χ4n) is 2.00. The van der Waals surface area contributed by atoms with Crippen molar-refractivity contribution in [1.29, 1.82) is 0 Å². The molecule has 1 rings (SSSR count). The maximum atomic E-state index is 6.28. The van der Waals surface area contributed by atoms with Gasteiger partial charge in [-0.2, -0.15) is 0 Å². The summed E-state index contributed by atoms with van der Waals surface area (Å²) in [7, 11) is 0. The molecule has 2 nitrogen and oxygen atoms in total. The fourth-order valence-corrected chi connectivity index (χ4v) is 2.63. The minimum Gasteiger partial charge on any atom is -0.271 e. The second kappa shape index (κ2) is 6.60. The van der Waals surface area contributed by atoms with Crippen LogP contribution in [0, 0.1) is 5.92 Å². The van der Waals surface area contributed by atoms with E-state index in [4.69, 9.17) is 17.4 Å². The molecule has 0 aliphatic heterocycles. The van der Waals surface area contributed by atoms with Crippen molar-refractivity contribution < 1.29 is 0 Å². The Balaban J connectivity index is 3.07. The van der Waals surface area contributed by atoms with E-state index in [0.717, 1.165) is 27.9 Å². The highest BCUT2D eigenvalue weighted by molar-refractivity contribution is 9.10. The molecule has 0 bridgehead atoms. The molecule has 16 heavy (non-hydrogen) atoms. The molecule has 0 aliphatic rings. The van der Waals surface area contributed by atoms with E-state index in [2.05, 4.69) is 35.2 Å². The Morgan fingerprint density at radius 2 is 2.00 bits per heavy atom. The molecule has 0 aliphatic carbocycles. The molecule has 1 atom stereocenters. The first-order valence-electron chi connectivity index (χ1n) is 5.55. The van der Waals surface area contributed by atoms with Gasteiger partial charge in [0, 0.05) is 4.47 Å². The zero-order valence-electron chi connectivity index (χ0n) is 9.63. The molecule has 0 saturated heterocycles. The largest absolute Gasteiger partial charge is 0.271 e. The van der Waals surface area contributed by atoms with E-state index in [1.165, 1.54) is 0 Å². The van der Waals surface area contributed by atoms with Crippen molar-refractivity contribution in [3.05, 3.63) is 33.3 Å². The first kappa shape index (κ1) is 14.0. The third kappa shape index (κ3) is 2.98. The highest BCUT2D eigenvalue weighted by Crippen LogP contribution is 2.35. The minimum atomic E-state index is 0.111. The average Bonchev–Trinajstić information content (AvgIpc) is 2.30. The van der Waals surface area contributed by atoms with Crippen LogP contribution in [0.25, 0.3) is 0 Å². The van der Waals surface area contributed by atoms with Gasteiger partial charge in [-0.15, -0.1) is 0 Å². The molecule has 3 N–H and O–H groups in total. The van der Waals surface area contributed by atoms with Gasteiger partial charge in [0.15, 0.2) is 0 Å². The van der Waals surface area contributed by atoms with E-state index in [1.807, 2.05) is 18.2 Å². The van der Waals surface area contributed by atoms with Crippen LogP contribution in [0.5, 0.6) is 0 Å². The highest BCUT2D eigenvalue weighted by Gasteiger charge is 2.21. The standard InChI is InChI=1S/C12H18BrClN2/c1-3-8(4-2)12(16-15)9-6-5-7-10(13)11(9)14/h5-8,12,16H,3-4,15H2,1-2H3. The normalized spacial score (nSPS) is 13.1. The van der Waals surface area contributed by atoms with Crippen molar-refractivity contribution in [2.24, 2.45) is 11.8 Å². The van der Waals surface area contributed by atoms with Crippen molar-refractivity contribution in [2.45, 2.75) is 32.7 Å². The summed E-state index contributed by atoms with van der Waals surface area (Å²) in [4.78, 5) is 0. The van der Waals surface area contributed by atoms with Gasteiger partial charge in [0.1, 0.15) is 0 Å². The van der Waals surface area contributed by atoms with Crippen LogP contribution in [0.3, 0.4) is 0 Å². The maximum absolute atomic E-state index is 6.28. The SMILES string of the molecule is CCC(CC)C(NN)c1cccc(Br)c1Cl. The van der Waals surface area contributed by atoms with Gasteiger partial charge in [-0.25, -0.2) is 0 Å². The first-order chi connectivity index (χ1) is 7.65. The molecule has 0 aromatic heterocycles. The Morgan fingerprint density at radius 3 is 2.50 bits per heavy atom. The number of hydrazine groups is 1. The van der Waals surface area contributed by atoms with Crippen LogP contribution in [-0.4, -0.2) is 0 Å². The Labute approximate surface area is 111 Å². The van der Waals surface area contributed by atoms with Crippen LogP contribution in [0.15, 0.2) is 22.7 Å². The van der Waals surface area contributed by atoms with Crippen molar-refractivity contribution >= 4 is 27.5 Å². The summed E-state index contributed by atoms with van der Waals surface area (Å²) in [5.41, 5.74) is 3.95. The van der Waals surface area contributed by atoms with E-state index in [0.29, 0.717) is 5.92 Å². The third-order valence-electron chi connectivity index (χ3n) is 3.02. The molecular weight excluding hydrogens is 288 g/mol. The summed E-state index contributed by atoms with van der Waals surface area (Å²) in [6, 6.07) is 6.06. The quantitative estimate of drug-likeness (QED) is 0.636. The average molecular weight is 306 g/mol. The zero-order chi connectivity index (χ0) is 12.1. The lowest BCUT2D eigenvalue weighted by Gasteiger charge is -2.26. The van der Waals surface area contributed by atoms with Crippen molar-refractivity contribution in [3.63, 3.8) is 0 Å². The zero-order valence-corrected chi connectivity index (χ0v) is 12.0. The van der Waals surface area contributed by atoms with Crippen molar-refractivity contribution in [1.82, 2.24) is 5.43 Å². The number of benzene rings is 1. The molecule has 1 unspecified atom stereocenters. The van der Waals surface area contributed by atoms with E-state index in [1.54, 1.807) is 0 Å². The minimum absolute atomic E-state index is 0.111. The monoisotopic (exact) mass is 304 g/mol. The number of nitrogens with two attached hydrogens (primary N) is 1. The van der Waals surface area contributed by atoms with Gasteiger partial charge in [0.25, 0.3) is 0 Å². The molecular formula is C12H18BrClN2. The van der Waals surface area contributed by atoms with Gasteiger partial charge < -0.3 is 0 Å². The Bertz CT molecular complexity index is 340. The molecule has 1 aromatic rings. The van der Waals surface area contributed by atoms with E-state index in [-0.39, 0.29) is 6.04 Å². The van der Waals surface area contributed by atoms with Crippen LogP contribution >= 0.6 is 27.5 Å². The lowest BCUT2D eigenvalue weighted by Crippen LogP contribution is -2.33. The number of hydrogen-bond donors (Lipinski definition) is 2. The predicted octanol–water partition coefficient (Wildman–Crippen LogP) is 4.04. The second-order valence-electron chi connectivity index (χ2n) is 3.86. The first-order valence-corrected chi connectivity index (χ1v) is 6.72. The lowest BCUT2D eigenvalue weighted by atomic mass is 9.89. The summed E-state index contributed by atoms with van der Waals surface area (Å²) in [6.07, 6.45) is 2.16. The van der Waals surface area contributed by atoms with E-state index < -0.39 is 0 Å². The van der Waals surface area contributed by atoms with Gasteiger partial charge in [-0.3, -0.25) is 11.3 Å². The molecule has 0 fully saturated rings. The molecule has 0 saturated carbocycles. The smallest absolute Gasteiger partial charge is 0.0596 e. The summed E-state index contributed by atoms with van der Waals surface area (Å²) < 4.78 is 0.915. The van der Waals surface area contributed by atoms with E-state index in [9.17, 15) is 0 Å². The molecule has 90 valence electrons. The Morgan fingerprint density at radius 1 is 1.38 bits per heavy atom. The highest BCUT2D eigenvalue weighted by atomic mass is 79.9. The van der Waals surface area contributed by atoms with Crippen LogP contribution in [-0.2, 0) is 0 Å². The Hall–Kier alpha value is -0.0900. The van der Waals surface area contributed by atoms with Gasteiger partial charge >= 0.3 is 0 Å². The number of hydrogen-bond acceptors (Lipinski definition) is 2. The predicted molar refractivity (Wildman–Crippen MR) is 73.3 cm³/mol. The van der Waals surface area contributed by atoms with Crippen LogP contribution < -0.4 is 11.3 Å². The maximum Gasteiger partial charge on any atom is 0.0596 e. The summed E-state index contributed by atoms with van der Waals surface area (Å²) in [5.74, 6) is 6.15. The topological polar surface area (TPSA) is 38.0 Å². The van der Waals surface area contributed by atoms with Gasteiger partial charge in [-0.05, 0) is 33.5 Å². The molecule has 4 heteroatoms. The fraction of sp³-hybridized carbons (Fsp3) is 0.500. The van der Waals surface area contributed by atoms with Crippen molar-refractivity contribution in [3.8, 4) is 0 Å². The molecule has 0 radical (unpaired) electrons. The molecule has 1 aromatic carbocycles. The van der Waals surface area contributed by atoms with Gasteiger partial charge in [0.2, 0.25) is 0 Å². The van der Waals surface area contributed by atoms with Gasteiger partial charge in [-0.1, -0.05) is 50.4 Å². The van der Waals surface area contributed by atoms with E-state index >= 15 is 0 Å². The van der Waals surface area contributed by atoms with Crippen LogP contribution in [0.2, 0.25) is 5.02 Å². The van der Waals surface area contributed by atoms with Crippen LogP contribution in [0.4, 0.5) is 0 Å². The van der Waals surface area contributed by atoms with Crippen molar-refractivity contribution in [2.75, 3.05) is 0 Å². The number of rotatable bonds is 5. The number of nitrogens with one attached hydrogen (secondary N) is 1.